The average molecular weight is 273 g/mol. The normalized spacial score (nSPS) is 9.90. The minimum atomic E-state index is -0.340. The van der Waals surface area contributed by atoms with Crippen molar-refractivity contribution in [1.29, 1.82) is 0 Å². The number of hydrogen-bond donors (Lipinski definition) is 2. The van der Waals surface area contributed by atoms with Crippen LogP contribution >= 0.6 is 0 Å². The molecule has 5 heteroatoms. The third-order valence-corrected chi connectivity index (χ3v) is 2.78. The minimum Gasteiger partial charge on any atom is -0.506 e. The number of rotatable bonds is 4. The van der Waals surface area contributed by atoms with Gasteiger partial charge in [0.15, 0.2) is 0 Å². The molecule has 0 aliphatic carbocycles. The number of carbonyl (C=O) groups is 1. The van der Waals surface area contributed by atoms with E-state index in [0.717, 1.165) is 0 Å². The molecular weight excluding hydrogens is 258 g/mol. The molecule has 0 bridgehead atoms. The molecule has 2 N–H and O–H groups in total. The van der Waals surface area contributed by atoms with Crippen LogP contribution < -0.4 is 14.8 Å². The third-order valence-electron chi connectivity index (χ3n) is 2.78. The van der Waals surface area contributed by atoms with Gasteiger partial charge in [-0.3, -0.25) is 4.79 Å². The van der Waals surface area contributed by atoms with Crippen molar-refractivity contribution in [2.45, 2.75) is 0 Å². The Morgan fingerprint density at radius 3 is 2.45 bits per heavy atom. The Balaban J connectivity index is 2.22. The molecule has 0 aromatic heterocycles. The van der Waals surface area contributed by atoms with Crippen LogP contribution in [0.5, 0.6) is 17.2 Å². The van der Waals surface area contributed by atoms with Crippen LogP contribution in [-0.4, -0.2) is 25.2 Å². The lowest BCUT2D eigenvalue weighted by molar-refractivity contribution is 0.102. The summed E-state index contributed by atoms with van der Waals surface area (Å²) in [5.74, 6) is 0.769. The van der Waals surface area contributed by atoms with E-state index in [1.54, 1.807) is 36.4 Å². The van der Waals surface area contributed by atoms with Gasteiger partial charge in [-0.15, -0.1) is 0 Å². The minimum absolute atomic E-state index is 0.0259. The van der Waals surface area contributed by atoms with E-state index >= 15 is 0 Å². The van der Waals surface area contributed by atoms with Gasteiger partial charge < -0.3 is 19.9 Å². The number of nitrogens with one attached hydrogen (secondary N) is 1. The summed E-state index contributed by atoms with van der Waals surface area (Å²) in [6.07, 6.45) is 0. The summed E-state index contributed by atoms with van der Waals surface area (Å²) < 4.78 is 10.1. The number of aromatic hydroxyl groups is 1. The van der Waals surface area contributed by atoms with Crippen LogP contribution in [0.25, 0.3) is 0 Å². The van der Waals surface area contributed by atoms with Crippen molar-refractivity contribution in [2.24, 2.45) is 0 Å². The van der Waals surface area contributed by atoms with Crippen molar-refractivity contribution < 1.29 is 19.4 Å². The summed E-state index contributed by atoms with van der Waals surface area (Å²) in [5.41, 5.74) is 0.726. The number of methoxy groups -OCH3 is 2. The van der Waals surface area contributed by atoms with Gasteiger partial charge in [-0.2, -0.15) is 0 Å². The lowest BCUT2D eigenvalue weighted by Gasteiger charge is -2.09. The highest BCUT2D eigenvalue weighted by Gasteiger charge is 2.10. The van der Waals surface area contributed by atoms with E-state index in [9.17, 15) is 9.90 Å². The quantitative estimate of drug-likeness (QED) is 0.840. The van der Waals surface area contributed by atoms with Crippen LogP contribution in [0.4, 0.5) is 5.69 Å². The van der Waals surface area contributed by atoms with Gasteiger partial charge in [-0.1, -0.05) is 6.07 Å². The molecule has 0 heterocycles. The Kier molecular flexibility index (Phi) is 4.10. The highest BCUT2D eigenvalue weighted by Crippen LogP contribution is 2.28. The molecule has 0 fully saturated rings. The lowest BCUT2D eigenvalue weighted by atomic mass is 10.2. The molecule has 2 rings (SSSR count). The molecule has 5 nitrogen and oxygen atoms in total. The molecular formula is C15H15NO4. The predicted octanol–water partition coefficient (Wildman–Crippen LogP) is 2.66. The highest BCUT2D eigenvalue weighted by molar-refractivity contribution is 6.05. The Morgan fingerprint density at radius 2 is 1.75 bits per heavy atom. The van der Waals surface area contributed by atoms with Crippen LogP contribution in [0, 0.1) is 0 Å². The Bertz CT molecular complexity index is 625. The largest absolute Gasteiger partial charge is 0.506 e. The Labute approximate surface area is 116 Å². The maximum atomic E-state index is 12.1. The summed E-state index contributed by atoms with van der Waals surface area (Å²) in [5, 5.41) is 12.4. The van der Waals surface area contributed by atoms with Crippen LogP contribution in [0.1, 0.15) is 10.4 Å². The van der Waals surface area contributed by atoms with Crippen molar-refractivity contribution in [3.63, 3.8) is 0 Å². The van der Waals surface area contributed by atoms with Gasteiger partial charge in [0.1, 0.15) is 17.2 Å². The second-order valence-electron chi connectivity index (χ2n) is 4.07. The molecule has 1 amide bonds. The van der Waals surface area contributed by atoms with E-state index in [-0.39, 0.29) is 17.3 Å². The molecule has 104 valence electrons. The topological polar surface area (TPSA) is 67.8 Å². The predicted molar refractivity (Wildman–Crippen MR) is 75.6 cm³/mol. The van der Waals surface area contributed by atoms with Gasteiger partial charge in [-0.25, -0.2) is 0 Å². The Hall–Kier alpha value is -2.69. The Morgan fingerprint density at radius 1 is 1.05 bits per heavy atom. The lowest BCUT2D eigenvalue weighted by Crippen LogP contribution is -2.12. The van der Waals surface area contributed by atoms with Gasteiger partial charge in [0, 0.05) is 11.6 Å². The molecule has 0 radical (unpaired) electrons. The highest BCUT2D eigenvalue weighted by atomic mass is 16.5. The van der Waals surface area contributed by atoms with Crippen molar-refractivity contribution in [3.05, 3.63) is 48.0 Å². The summed E-state index contributed by atoms with van der Waals surface area (Å²) in [4.78, 5) is 12.1. The van der Waals surface area contributed by atoms with Gasteiger partial charge in [0.05, 0.1) is 19.9 Å². The summed E-state index contributed by atoms with van der Waals surface area (Å²) in [6, 6.07) is 11.4. The van der Waals surface area contributed by atoms with Gasteiger partial charge in [0.2, 0.25) is 0 Å². The first kappa shape index (κ1) is 13.7. The van der Waals surface area contributed by atoms with E-state index in [2.05, 4.69) is 5.32 Å². The van der Waals surface area contributed by atoms with Crippen LogP contribution in [0.3, 0.4) is 0 Å². The summed E-state index contributed by atoms with van der Waals surface area (Å²) >= 11 is 0. The monoisotopic (exact) mass is 273 g/mol. The molecule has 0 saturated heterocycles. The zero-order valence-electron chi connectivity index (χ0n) is 11.2. The molecule has 0 atom stereocenters. The number of hydrogen-bond acceptors (Lipinski definition) is 4. The van der Waals surface area contributed by atoms with Crippen molar-refractivity contribution in [1.82, 2.24) is 0 Å². The fourth-order valence-corrected chi connectivity index (χ4v) is 1.70. The first-order chi connectivity index (χ1) is 9.63. The van der Waals surface area contributed by atoms with Crippen LogP contribution in [-0.2, 0) is 0 Å². The van der Waals surface area contributed by atoms with Gasteiger partial charge in [0.25, 0.3) is 5.91 Å². The molecule has 0 saturated carbocycles. The van der Waals surface area contributed by atoms with Crippen molar-refractivity contribution >= 4 is 11.6 Å². The van der Waals surface area contributed by atoms with E-state index < -0.39 is 0 Å². The fourth-order valence-electron chi connectivity index (χ4n) is 1.70. The summed E-state index contributed by atoms with van der Waals surface area (Å²) in [6.45, 7) is 0. The number of carbonyl (C=O) groups excluding carboxylic acids is 1. The zero-order valence-corrected chi connectivity index (χ0v) is 11.2. The number of benzene rings is 2. The third kappa shape index (κ3) is 3.00. The van der Waals surface area contributed by atoms with Crippen molar-refractivity contribution in [3.8, 4) is 17.2 Å². The first-order valence-electron chi connectivity index (χ1n) is 5.96. The second kappa shape index (κ2) is 5.97. The van der Waals surface area contributed by atoms with E-state index in [0.29, 0.717) is 17.1 Å². The number of phenols is 1. The maximum absolute atomic E-state index is 12.1. The number of amides is 1. The van der Waals surface area contributed by atoms with E-state index in [1.807, 2.05) is 0 Å². The summed E-state index contributed by atoms with van der Waals surface area (Å²) in [7, 11) is 3.05. The molecule has 2 aromatic rings. The van der Waals surface area contributed by atoms with Crippen molar-refractivity contribution in [2.75, 3.05) is 19.5 Å². The van der Waals surface area contributed by atoms with Crippen LogP contribution in [0.2, 0.25) is 0 Å². The maximum Gasteiger partial charge on any atom is 0.255 e. The van der Waals surface area contributed by atoms with E-state index in [1.165, 1.54) is 20.3 Å². The average Bonchev–Trinajstić information content (AvgIpc) is 2.49. The second-order valence-corrected chi connectivity index (χ2v) is 4.07. The smallest absolute Gasteiger partial charge is 0.255 e. The fraction of sp³-hybridized carbons (Fsp3) is 0.133. The van der Waals surface area contributed by atoms with Crippen LogP contribution in [0.15, 0.2) is 42.5 Å². The molecule has 0 aliphatic heterocycles. The molecule has 0 unspecified atom stereocenters. The first-order valence-corrected chi connectivity index (χ1v) is 5.96. The van der Waals surface area contributed by atoms with E-state index in [4.69, 9.17) is 9.47 Å². The number of ether oxygens (including phenoxy) is 2. The standard InChI is InChI=1S/C15H15NO4/c1-19-11-5-3-4-10(8-11)15(18)16-13-9-12(20-2)6-7-14(13)17/h3-9,17H,1-2H3,(H,16,18). The zero-order chi connectivity index (χ0) is 14.5. The molecule has 0 aliphatic rings. The molecule has 0 spiro atoms. The molecule has 20 heavy (non-hydrogen) atoms. The number of anilines is 1. The number of phenolic OH excluding ortho intramolecular Hbond substituents is 1. The van der Waals surface area contributed by atoms with Gasteiger partial charge in [-0.05, 0) is 30.3 Å². The van der Waals surface area contributed by atoms with Gasteiger partial charge >= 0.3 is 0 Å². The molecule has 2 aromatic carbocycles. The SMILES string of the molecule is COc1cccc(C(=O)Nc2cc(OC)ccc2O)c1.